The summed E-state index contributed by atoms with van der Waals surface area (Å²) in [6, 6.07) is 19.2. The van der Waals surface area contributed by atoms with Gasteiger partial charge in [-0.3, -0.25) is 9.80 Å². The topological polar surface area (TPSA) is 92.2 Å². The molecule has 0 spiro atoms. The third-order valence-corrected chi connectivity index (χ3v) is 8.25. The van der Waals surface area contributed by atoms with E-state index >= 15 is 0 Å². The molecule has 2 aliphatic heterocycles. The van der Waals surface area contributed by atoms with Crippen LogP contribution >= 0.6 is 23.4 Å². The van der Waals surface area contributed by atoms with Crippen molar-refractivity contribution < 1.29 is 24.2 Å². The van der Waals surface area contributed by atoms with Gasteiger partial charge in [-0.2, -0.15) is 0 Å². The number of hydrogen-bond acceptors (Lipinski definition) is 7. The van der Waals surface area contributed by atoms with E-state index in [9.17, 15) is 9.59 Å². The highest BCUT2D eigenvalue weighted by Crippen LogP contribution is 2.34. The molecule has 39 heavy (non-hydrogen) atoms. The molecule has 3 aromatic rings. The molecule has 2 aliphatic rings. The summed E-state index contributed by atoms with van der Waals surface area (Å²) in [5.41, 5.74) is 3.19. The SMILES string of the molecule is Cc1nc(Sc2ccc(OCC(=O)O)cc2)ccc1CN1CCC(N2C(=O)OC[C@H]2c2cccc(Cl)c2)CC1. The van der Waals surface area contributed by atoms with Gasteiger partial charge in [0, 0.05) is 41.3 Å². The Morgan fingerprint density at radius 3 is 2.62 bits per heavy atom. The van der Waals surface area contributed by atoms with Crippen LogP contribution < -0.4 is 4.74 Å². The number of carboxylic acids is 1. The smallest absolute Gasteiger partial charge is 0.410 e. The molecule has 0 aliphatic carbocycles. The maximum Gasteiger partial charge on any atom is 0.410 e. The lowest BCUT2D eigenvalue weighted by atomic mass is 9.98. The van der Waals surface area contributed by atoms with Crippen LogP contribution in [-0.4, -0.2) is 64.3 Å². The minimum absolute atomic E-state index is 0.0993. The van der Waals surface area contributed by atoms with Crippen molar-refractivity contribution in [2.45, 2.75) is 48.3 Å². The number of hydrogen-bond donors (Lipinski definition) is 1. The fourth-order valence-corrected chi connectivity index (χ4v) is 6.09. The standard InChI is InChI=1S/C29H30ClN3O5S/c1-19-21(5-10-27(31-19)39-25-8-6-24(7-9-25)37-18-28(34)35)16-32-13-11-23(12-14-32)33-26(17-38-29(33)36)20-3-2-4-22(30)15-20/h2-10,15,23,26H,11-14,16-18H2,1H3,(H,34,35)/t26-/m0/s1. The number of aromatic nitrogens is 1. The maximum atomic E-state index is 12.6. The van der Waals surface area contributed by atoms with E-state index in [1.807, 2.05) is 54.3 Å². The summed E-state index contributed by atoms with van der Waals surface area (Å²) in [7, 11) is 0. The molecule has 8 nitrogen and oxygen atoms in total. The lowest BCUT2D eigenvalue weighted by Crippen LogP contribution is -2.46. The molecule has 0 unspecified atom stereocenters. The van der Waals surface area contributed by atoms with Crippen molar-refractivity contribution in [3.8, 4) is 5.75 Å². The van der Waals surface area contributed by atoms with E-state index in [1.165, 1.54) is 5.56 Å². The number of likely N-dealkylation sites (tertiary alicyclic amines) is 1. The fourth-order valence-electron chi connectivity index (χ4n) is 5.06. The minimum atomic E-state index is -1.00. The molecule has 0 radical (unpaired) electrons. The second-order valence-corrected chi connectivity index (χ2v) is 11.2. The van der Waals surface area contributed by atoms with Crippen molar-refractivity contribution in [3.05, 3.63) is 82.5 Å². The number of amides is 1. The summed E-state index contributed by atoms with van der Waals surface area (Å²) >= 11 is 7.75. The lowest BCUT2D eigenvalue weighted by Gasteiger charge is -2.38. The van der Waals surface area contributed by atoms with Crippen LogP contribution in [0, 0.1) is 6.92 Å². The van der Waals surface area contributed by atoms with E-state index < -0.39 is 5.97 Å². The summed E-state index contributed by atoms with van der Waals surface area (Å²) < 4.78 is 10.6. The summed E-state index contributed by atoms with van der Waals surface area (Å²) in [5.74, 6) is -0.483. The van der Waals surface area contributed by atoms with Crippen molar-refractivity contribution in [1.82, 2.24) is 14.8 Å². The van der Waals surface area contributed by atoms with Gasteiger partial charge < -0.3 is 14.6 Å². The number of carboxylic acid groups (broad SMARTS) is 1. The third-order valence-electron chi connectivity index (χ3n) is 7.07. The van der Waals surface area contributed by atoms with Gasteiger partial charge in [-0.05, 0) is 73.4 Å². The second kappa shape index (κ2) is 12.3. The largest absolute Gasteiger partial charge is 0.482 e. The molecule has 2 saturated heterocycles. The van der Waals surface area contributed by atoms with Crippen molar-refractivity contribution in [1.29, 1.82) is 0 Å². The highest BCUT2D eigenvalue weighted by Gasteiger charge is 2.40. The Hall–Kier alpha value is -3.27. The zero-order valence-corrected chi connectivity index (χ0v) is 23.2. The van der Waals surface area contributed by atoms with Gasteiger partial charge in [-0.25, -0.2) is 14.6 Å². The zero-order chi connectivity index (χ0) is 27.4. The average Bonchev–Trinajstić information content (AvgIpc) is 3.31. The summed E-state index contributed by atoms with van der Waals surface area (Å²) in [6.07, 6.45) is 1.53. The molecule has 2 fully saturated rings. The first-order valence-corrected chi connectivity index (χ1v) is 14.1. The number of piperidine rings is 1. The first-order valence-electron chi connectivity index (χ1n) is 12.9. The fraction of sp³-hybridized carbons (Fsp3) is 0.345. The summed E-state index contributed by atoms with van der Waals surface area (Å²) in [4.78, 5) is 33.4. The predicted octanol–water partition coefficient (Wildman–Crippen LogP) is 5.82. The molecule has 5 rings (SSSR count). The third kappa shape index (κ3) is 6.84. The van der Waals surface area contributed by atoms with Crippen LogP contribution in [0.4, 0.5) is 4.79 Å². The van der Waals surface area contributed by atoms with Crippen molar-refractivity contribution >= 4 is 35.4 Å². The second-order valence-electron chi connectivity index (χ2n) is 9.71. The number of halogens is 1. The van der Waals surface area contributed by atoms with Crippen LogP contribution in [0.15, 0.2) is 70.6 Å². The van der Waals surface area contributed by atoms with Crippen molar-refractivity contribution in [2.24, 2.45) is 0 Å². The van der Waals surface area contributed by atoms with Crippen LogP contribution in [0.5, 0.6) is 5.75 Å². The van der Waals surface area contributed by atoms with Gasteiger partial charge in [0.25, 0.3) is 0 Å². The van der Waals surface area contributed by atoms with E-state index in [2.05, 4.69) is 11.0 Å². The van der Waals surface area contributed by atoms with E-state index in [0.29, 0.717) is 17.4 Å². The van der Waals surface area contributed by atoms with Crippen LogP contribution in [-0.2, 0) is 16.1 Å². The van der Waals surface area contributed by atoms with Crippen LogP contribution in [0.25, 0.3) is 0 Å². The Bertz CT molecular complexity index is 1330. The van der Waals surface area contributed by atoms with Gasteiger partial charge in [0.15, 0.2) is 6.61 Å². The highest BCUT2D eigenvalue weighted by atomic mass is 35.5. The number of nitrogens with zero attached hydrogens (tertiary/aromatic N) is 3. The normalized spacial score (nSPS) is 18.3. The number of aliphatic carboxylic acids is 1. The number of carbonyl (C=O) groups is 2. The van der Waals surface area contributed by atoms with E-state index in [-0.39, 0.29) is 24.8 Å². The number of ether oxygens (including phenoxy) is 2. The van der Waals surface area contributed by atoms with Crippen LogP contribution in [0.2, 0.25) is 5.02 Å². The van der Waals surface area contributed by atoms with Crippen molar-refractivity contribution in [3.63, 3.8) is 0 Å². The molecular weight excluding hydrogens is 538 g/mol. The molecular formula is C29H30ClN3O5S. The number of cyclic esters (lactones) is 1. The van der Waals surface area contributed by atoms with Crippen LogP contribution in [0.3, 0.4) is 0 Å². The van der Waals surface area contributed by atoms with Gasteiger partial charge >= 0.3 is 12.1 Å². The quantitative estimate of drug-likeness (QED) is 0.346. The van der Waals surface area contributed by atoms with Gasteiger partial charge in [0.2, 0.25) is 0 Å². The summed E-state index contributed by atoms with van der Waals surface area (Å²) in [6.45, 7) is 4.63. The molecule has 1 atom stereocenters. The van der Waals surface area contributed by atoms with Gasteiger partial charge in [0.05, 0.1) is 6.04 Å². The Labute approximate surface area is 236 Å². The number of rotatable bonds is 9. The van der Waals surface area contributed by atoms with Crippen molar-refractivity contribution in [2.75, 3.05) is 26.3 Å². The first-order chi connectivity index (χ1) is 18.9. The molecule has 0 bridgehead atoms. The molecule has 2 aromatic carbocycles. The molecule has 204 valence electrons. The first kappa shape index (κ1) is 27.3. The van der Waals surface area contributed by atoms with Gasteiger partial charge in [-0.15, -0.1) is 0 Å². The van der Waals surface area contributed by atoms with Gasteiger partial charge in [-0.1, -0.05) is 41.6 Å². The lowest BCUT2D eigenvalue weighted by molar-refractivity contribution is -0.139. The van der Waals surface area contributed by atoms with E-state index in [1.54, 1.807) is 23.9 Å². The Balaban J connectivity index is 1.15. The Morgan fingerprint density at radius 1 is 1.15 bits per heavy atom. The minimum Gasteiger partial charge on any atom is -0.482 e. The van der Waals surface area contributed by atoms with E-state index in [4.69, 9.17) is 31.2 Å². The molecule has 1 aromatic heterocycles. The molecule has 3 heterocycles. The molecule has 0 saturated carbocycles. The maximum absolute atomic E-state index is 12.6. The highest BCUT2D eigenvalue weighted by molar-refractivity contribution is 7.99. The predicted molar refractivity (Wildman–Crippen MR) is 148 cm³/mol. The summed E-state index contributed by atoms with van der Waals surface area (Å²) in [5, 5.41) is 10.3. The van der Waals surface area contributed by atoms with Gasteiger partial charge in [0.1, 0.15) is 17.4 Å². The number of aryl methyl sites for hydroxylation is 1. The molecule has 10 heteroatoms. The Kier molecular flexibility index (Phi) is 8.60. The number of carbonyl (C=O) groups excluding carboxylic acids is 1. The molecule has 1 amide bonds. The van der Waals surface area contributed by atoms with E-state index in [0.717, 1.165) is 53.7 Å². The number of pyridine rings is 1. The van der Waals surface area contributed by atoms with Crippen LogP contribution in [0.1, 0.15) is 35.7 Å². The monoisotopic (exact) mass is 567 g/mol. The average molecular weight is 568 g/mol. The zero-order valence-electron chi connectivity index (χ0n) is 21.6. The number of benzene rings is 2. The molecule has 1 N–H and O–H groups in total. The Morgan fingerprint density at radius 2 is 1.92 bits per heavy atom.